The number of anilines is 1. The first-order valence-electron chi connectivity index (χ1n) is 4.72. The van der Waals surface area contributed by atoms with Crippen LogP contribution in [0.2, 0.25) is 0 Å². The third kappa shape index (κ3) is 1.41. The summed E-state index contributed by atoms with van der Waals surface area (Å²) in [6.07, 6.45) is 1.77. The summed E-state index contributed by atoms with van der Waals surface area (Å²) in [7, 11) is 0. The van der Waals surface area contributed by atoms with Crippen LogP contribution in [0.4, 0.5) is 5.69 Å². The SMILES string of the molecule is CCN1C(=O)CN=Cc2ccccc21. The lowest BCUT2D eigenvalue weighted by Crippen LogP contribution is -2.32. The highest BCUT2D eigenvalue weighted by Crippen LogP contribution is 2.20. The summed E-state index contributed by atoms with van der Waals surface area (Å²) in [5, 5.41) is 0. The van der Waals surface area contributed by atoms with Crippen molar-refractivity contribution < 1.29 is 4.79 Å². The van der Waals surface area contributed by atoms with Crippen LogP contribution in [0.3, 0.4) is 0 Å². The Morgan fingerprint density at radius 1 is 1.43 bits per heavy atom. The number of benzodiazepines with no additional fused rings is 1. The molecule has 0 atom stereocenters. The van der Waals surface area contributed by atoms with Crippen molar-refractivity contribution in [3.63, 3.8) is 0 Å². The molecule has 0 radical (unpaired) electrons. The maximum Gasteiger partial charge on any atom is 0.248 e. The third-order valence-corrected chi connectivity index (χ3v) is 2.30. The van der Waals surface area contributed by atoms with E-state index in [-0.39, 0.29) is 12.5 Å². The van der Waals surface area contributed by atoms with Crippen LogP contribution in [-0.4, -0.2) is 25.2 Å². The number of nitrogens with zero attached hydrogens (tertiary/aromatic N) is 2. The van der Waals surface area contributed by atoms with Crippen LogP contribution < -0.4 is 4.90 Å². The average Bonchev–Trinajstić information content (AvgIpc) is 2.36. The lowest BCUT2D eigenvalue weighted by molar-refractivity contribution is -0.117. The number of fused-ring (bicyclic) bond motifs is 1. The number of hydrogen-bond acceptors (Lipinski definition) is 2. The van der Waals surface area contributed by atoms with E-state index in [1.54, 1.807) is 11.1 Å². The molecule has 0 unspecified atom stereocenters. The second-order valence-electron chi connectivity index (χ2n) is 3.17. The number of para-hydroxylation sites is 1. The first kappa shape index (κ1) is 8.94. The van der Waals surface area contributed by atoms with Crippen molar-refractivity contribution in [3.8, 4) is 0 Å². The molecule has 0 N–H and O–H groups in total. The summed E-state index contributed by atoms with van der Waals surface area (Å²) in [5.74, 6) is 0.0636. The van der Waals surface area contributed by atoms with E-state index in [2.05, 4.69) is 4.99 Å². The molecule has 3 heteroatoms. The highest BCUT2D eigenvalue weighted by Gasteiger charge is 2.17. The molecular weight excluding hydrogens is 176 g/mol. The Bertz CT molecular complexity index is 385. The normalized spacial score (nSPS) is 15.2. The van der Waals surface area contributed by atoms with E-state index in [0.29, 0.717) is 6.54 Å². The van der Waals surface area contributed by atoms with Gasteiger partial charge in [0.05, 0.1) is 5.69 Å². The Kier molecular flexibility index (Phi) is 2.31. The minimum atomic E-state index is 0.0636. The Morgan fingerprint density at radius 2 is 2.21 bits per heavy atom. The van der Waals surface area contributed by atoms with Crippen molar-refractivity contribution in [1.82, 2.24) is 0 Å². The summed E-state index contributed by atoms with van der Waals surface area (Å²) >= 11 is 0. The Hall–Kier alpha value is -1.64. The number of rotatable bonds is 1. The molecule has 1 aromatic carbocycles. The molecular formula is C11H12N2O. The van der Waals surface area contributed by atoms with Crippen LogP contribution in [0.15, 0.2) is 29.3 Å². The van der Waals surface area contributed by atoms with Gasteiger partial charge in [-0.25, -0.2) is 0 Å². The molecule has 1 aliphatic rings. The van der Waals surface area contributed by atoms with Crippen LogP contribution in [0, 0.1) is 0 Å². The van der Waals surface area contributed by atoms with Gasteiger partial charge >= 0.3 is 0 Å². The van der Waals surface area contributed by atoms with Gasteiger partial charge in [-0.3, -0.25) is 9.79 Å². The summed E-state index contributed by atoms with van der Waals surface area (Å²) in [6.45, 7) is 2.92. The summed E-state index contributed by atoms with van der Waals surface area (Å²) in [5.41, 5.74) is 1.97. The standard InChI is InChI=1S/C11H12N2O/c1-2-13-10-6-4-3-5-9(10)7-12-8-11(13)14/h3-7H,2,8H2,1H3. The van der Waals surface area contributed by atoms with Gasteiger partial charge < -0.3 is 4.90 Å². The largest absolute Gasteiger partial charge is 0.310 e. The van der Waals surface area contributed by atoms with E-state index in [0.717, 1.165) is 11.3 Å². The van der Waals surface area contributed by atoms with Gasteiger partial charge in [-0.05, 0) is 13.0 Å². The van der Waals surface area contributed by atoms with E-state index in [4.69, 9.17) is 0 Å². The van der Waals surface area contributed by atoms with Gasteiger partial charge in [0, 0.05) is 18.3 Å². The van der Waals surface area contributed by atoms with Crippen molar-refractivity contribution in [2.24, 2.45) is 4.99 Å². The molecule has 1 amide bonds. The van der Waals surface area contributed by atoms with Crippen LogP contribution in [0.25, 0.3) is 0 Å². The molecule has 2 rings (SSSR count). The molecule has 0 bridgehead atoms. The molecule has 0 saturated heterocycles. The van der Waals surface area contributed by atoms with Crippen molar-refractivity contribution in [1.29, 1.82) is 0 Å². The van der Waals surface area contributed by atoms with Crippen molar-refractivity contribution in [2.75, 3.05) is 18.0 Å². The monoisotopic (exact) mass is 188 g/mol. The van der Waals surface area contributed by atoms with Gasteiger partial charge in [0.1, 0.15) is 6.54 Å². The highest BCUT2D eigenvalue weighted by atomic mass is 16.2. The Balaban J connectivity index is 2.51. The van der Waals surface area contributed by atoms with Gasteiger partial charge in [-0.15, -0.1) is 0 Å². The second-order valence-corrected chi connectivity index (χ2v) is 3.17. The van der Waals surface area contributed by atoms with E-state index in [1.807, 2.05) is 31.2 Å². The van der Waals surface area contributed by atoms with E-state index >= 15 is 0 Å². The lowest BCUT2D eigenvalue weighted by atomic mass is 10.2. The molecule has 0 aliphatic carbocycles. The fourth-order valence-electron chi connectivity index (χ4n) is 1.63. The van der Waals surface area contributed by atoms with E-state index in [1.165, 1.54) is 0 Å². The number of carbonyl (C=O) groups is 1. The molecule has 0 fully saturated rings. The zero-order valence-corrected chi connectivity index (χ0v) is 8.10. The molecule has 0 saturated carbocycles. The highest BCUT2D eigenvalue weighted by molar-refractivity contribution is 6.03. The Morgan fingerprint density at radius 3 is 3.00 bits per heavy atom. The number of aliphatic imine (C=N–C) groups is 1. The molecule has 1 heterocycles. The first-order valence-corrected chi connectivity index (χ1v) is 4.72. The third-order valence-electron chi connectivity index (χ3n) is 2.30. The van der Waals surface area contributed by atoms with Gasteiger partial charge in [0.2, 0.25) is 5.91 Å². The number of benzene rings is 1. The smallest absolute Gasteiger partial charge is 0.248 e. The topological polar surface area (TPSA) is 32.7 Å². The maximum atomic E-state index is 11.6. The van der Waals surface area contributed by atoms with Gasteiger partial charge in [-0.2, -0.15) is 0 Å². The van der Waals surface area contributed by atoms with Crippen molar-refractivity contribution in [3.05, 3.63) is 29.8 Å². The molecule has 1 aromatic rings. The van der Waals surface area contributed by atoms with E-state index < -0.39 is 0 Å². The quantitative estimate of drug-likeness (QED) is 0.657. The molecule has 72 valence electrons. The molecule has 3 nitrogen and oxygen atoms in total. The average molecular weight is 188 g/mol. The molecule has 0 spiro atoms. The van der Waals surface area contributed by atoms with Gasteiger partial charge in [0.25, 0.3) is 0 Å². The Labute approximate surface area is 83.1 Å². The summed E-state index contributed by atoms with van der Waals surface area (Å²) in [6, 6.07) is 7.82. The maximum absolute atomic E-state index is 11.6. The minimum Gasteiger partial charge on any atom is -0.310 e. The molecule has 1 aliphatic heterocycles. The number of hydrogen-bond donors (Lipinski definition) is 0. The lowest BCUT2D eigenvalue weighted by Gasteiger charge is -2.20. The van der Waals surface area contributed by atoms with Gasteiger partial charge in [0.15, 0.2) is 0 Å². The zero-order valence-electron chi connectivity index (χ0n) is 8.10. The fourth-order valence-corrected chi connectivity index (χ4v) is 1.63. The van der Waals surface area contributed by atoms with Gasteiger partial charge in [-0.1, -0.05) is 18.2 Å². The van der Waals surface area contributed by atoms with Crippen LogP contribution in [0.5, 0.6) is 0 Å². The summed E-state index contributed by atoms with van der Waals surface area (Å²) < 4.78 is 0. The van der Waals surface area contributed by atoms with Crippen LogP contribution in [0.1, 0.15) is 12.5 Å². The van der Waals surface area contributed by atoms with Crippen molar-refractivity contribution in [2.45, 2.75) is 6.92 Å². The molecule has 14 heavy (non-hydrogen) atoms. The fraction of sp³-hybridized carbons (Fsp3) is 0.273. The van der Waals surface area contributed by atoms with Crippen LogP contribution in [-0.2, 0) is 4.79 Å². The number of likely N-dealkylation sites (N-methyl/N-ethyl adjacent to an activating group) is 1. The van der Waals surface area contributed by atoms with E-state index in [9.17, 15) is 4.79 Å². The zero-order chi connectivity index (χ0) is 9.97. The number of amides is 1. The predicted octanol–water partition coefficient (Wildman–Crippen LogP) is 1.47. The molecule has 0 aromatic heterocycles. The minimum absolute atomic E-state index is 0.0636. The van der Waals surface area contributed by atoms with Crippen LogP contribution >= 0.6 is 0 Å². The first-order chi connectivity index (χ1) is 6.83. The number of carbonyl (C=O) groups excluding carboxylic acids is 1. The summed E-state index contributed by atoms with van der Waals surface area (Å²) in [4.78, 5) is 17.5. The predicted molar refractivity (Wildman–Crippen MR) is 56.9 cm³/mol. The van der Waals surface area contributed by atoms with Crippen molar-refractivity contribution >= 4 is 17.8 Å². The second kappa shape index (κ2) is 3.62.